The van der Waals surface area contributed by atoms with Crippen molar-refractivity contribution in [2.45, 2.75) is 18.1 Å². The zero-order valence-electron chi connectivity index (χ0n) is 10.6. The Balaban J connectivity index is 4.92. The molecule has 0 N–H and O–H groups in total. The molecule has 0 amide bonds. The molecule has 0 aliphatic heterocycles. The van der Waals surface area contributed by atoms with Gasteiger partial charge in [-0.05, 0) is 0 Å². The molecule has 0 bridgehead atoms. The van der Waals surface area contributed by atoms with Crippen molar-refractivity contribution in [3.05, 3.63) is 40.5 Å². The van der Waals surface area contributed by atoms with Gasteiger partial charge in [-0.25, -0.2) is 0 Å². The number of nitrogens with zero attached hydrogens (tertiary/aromatic N) is 5. The first-order valence-corrected chi connectivity index (χ1v) is 5.00. The number of halogens is 2. The van der Waals surface area contributed by atoms with E-state index in [1.807, 2.05) is 0 Å². The number of hydrogen-bond acceptors (Lipinski definition) is 11. The molecule has 0 aromatic carbocycles. The van der Waals surface area contributed by atoms with Crippen LogP contribution in [0.1, 0.15) is 0 Å². The van der Waals surface area contributed by atoms with Gasteiger partial charge in [-0.2, -0.15) is 5.26 Å². The fourth-order valence-electron chi connectivity index (χ4n) is 0.830. The maximum atomic E-state index is 13.3. The van der Waals surface area contributed by atoms with E-state index in [4.69, 9.17) is 5.26 Å². The molecule has 0 atom stereocenters. The van der Waals surface area contributed by atoms with Crippen LogP contribution in [-0.4, -0.2) is 51.0 Å². The van der Waals surface area contributed by atoms with Crippen LogP contribution in [0.5, 0.6) is 0 Å². The molecular weight excluding hydrogens is 340 g/mol. The summed E-state index contributed by atoms with van der Waals surface area (Å²) in [5, 5.41) is 49.3. The maximum Gasteiger partial charge on any atom is 0.637 e. The fourth-order valence-corrected chi connectivity index (χ4v) is 0.830. The number of nitro groups is 4. The highest BCUT2D eigenvalue weighted by Crippen LogP contribution is 2.17. The molecule has 0 aliphatic rings. The van der Waals surface area contributed by atoms with Crippen LogP contribution in [0.25, 0.3) is 0 Å². The standard InChI is InChI=1S/C6H5F2N5O10/c7-5(10(14)15,11(16)17)2-22-4(1-9)23-3-6(8,12(18)19)13(20)21/h4H,2-3H2. The largest absolute Gasteiger partial charge is 0.637 e. The first-order valence-electron chi connectivity index (χ1n) is 5.00. The summed E-state index contributed by atoms with van der Waals surface area (Å²) in [5.41, 5.74) is 0. The summed E-state index contributed by atoms with van der Waals surface area (Å²) in [7, 11) is 0. The van der Waals surface area contributed by atoms with Gasteiger partial charge in [-0.3, -0.25) is 40.5 Å². The third-order valence-electron chi connectivity index (χ3n) is 2.06. The van der Waals surface area contributed by atoms with E-state index in [1.54, 1.807) is 0 Å². The SMILES string of the molecule is N#CC(OCC(F)([N+](=O)[O-])[N+](=O)[O-])OCC(F)([N+](=O)[O-])[N+](=O)[O-]. The Labute approximate surface area is 122 Å². The van der Waals surface area contributed by atoms with Crippen LogP contribution in [0, 0.1) is 51.8 Å². The molecule has 0 aromatic rings. The topological polar surface area (TPSA) is 215 Å². The van der Waals surface area contributed by atoms with Crippen molar-refractivity contribution in [2.24, 2.45) is 0 Å². The summed E-state index contributed by atoms with van der Waals surface area (Å²) in [5.74, 6) is -8.76. The predicted molar refractivity (Wildman–Crippen MR) is 57.0 cm³/mol. The number of alkyl halides is 2. The van der Waals surface area contributed by atoms with Gasteiger partial charge in [0.25, 0.3) is 0 Å². The van der Waals surface area contributed by atoms with E-state index in [1.165, 1.54) is 0 Å². The summed E-state index contributed by atoms with van der Waals surface area (Å²) < 4.78 is 34.5. The molecule has 0 rings (SSSR count). The summed E-state index contributed by atoms with van der Waals surface area (Å²) in [4.78, 5) is 32.8. The van der Waals surface area contributed by atoms with E-state index in [9.17, 15) is 49.2 Å². The molecule has 15 nitrogen and oxygen atoms in total. The van der Waals surface area contributed by atoms with Crippen molar-refractivity contribution in [1.29, 1.82) is 5.26 Å². The van der Waals surface area contributed by atoms with Crippen LogP contribution in [0.4, 0.5) is 8.78 Å². The van der Waals surface area contributed by atoms with E-state index in [2.05, 4.69) is 9.47 Å². The van der Waals surface area contributed by atoms with Crippen LogP contribution in [-0.2, 0) is 9.47 Å². The van der Waals surface area contributed by atoms with Gasteiger partial charge in [0.1, 0.15) is 25.8 Å². The van der Waals surface area contributed by atoms with Gasteiger partial charge in [0, 0.05) is 0 Å². The van der Waals surface area contributed by atoms with Gasteiger partial charge in [-0.15, -0.1) is 0 Å². The van der Waals surface area contributed by atoms with E-state index < -0.39 is 51.0 Å². The Morgan fingerprint density at radius 1 is 0.870 bits per heavy atom. The summed E-state index contributed by atoms with van der Waals surface area (Å²) in [6.07, 6.45) is -2.49. The van der Waals surface area contributed by atoms with Crippen molar-refractivity contribution >= 4 is 0 Å². The van der Waals surface area contributed by atoms with E-state index >= 15 is 0 Å². The molecule has 23 heavy (non-hydrogen) atoms. The second kappa shape index (κ2) is 7.23. The van der Waals surface area contributed by atoms with Crippen molar-refractivity contribution in [3.8, 4) is 6.07 Å². The van der Waals surface area contributed by atoms with Gasteiger partial charge < -0.3 is 9.47 Å². The smallest absolute Gasteiger partial charge is 0.321 e. The second-order valence-corrected chi connectivity index (χ2v) is 3.55. The average Bonchev–Trinajstić information content (AvgIpc) is 2.45. The summed E-state index contributed by atoms with van der Waals surface area (Å²) >= 11 is 0. The van der Waals surface area contributed by atoms with Crippen molar-refractivity contribution in [2.75, 3.05) is 13.2 Å². The van der Waals surface area contributed by atoms with Crippen LogP contribution < -0.4 is 0 Å². The van der Waals surface area contributed by atoms with Gasteiger partial charge in [0.05, 0.1) is 0 Å². The fraction of sp³-hybridized carbons (Fsp3) is 0.833. The van der Waals surface area contributed by atoms with E-state index in [-0.39, 0.29) is 0 Å². The lowest BCUT2D eigenvalue weighted by molar-refractivity contribution is -0.835. The quantitative estimate of drug-likeness (QED) is 0.207. The molecular formula is C6H5F2N5O10. The van der Waals surface area contributed by atoms with E-state index in [0.29, 0.717) is 0 Å². The summed E-state index contributed by atoms with van der Waals surface area (Å²) in [6.45, 7) is -3.97. The molecule has 0 saturated heterocycles. The van der Waals surface area contributed by atoms with Gasteiger partial charge >= 0.3 is 11.8 Å². The highest BCUT2D eigenvalue weighted by Gasteiger charge is 2.60. The van der Waals surface area contributed by atoms with E-state index in [0.717, 1.165) is 6.07 Å². The monoisotopic (exact) mass is 345 g/mol. The first-order chi connectivity index (χ1) is 10.4. The number of nitriles is 1. The molecule has 0 unspecified atom stereocenters. The van der Waals surface area contributed by atoms with Crippen LogP contribution in [0.3, 0.4) is 0 Å². The van der Waals surface area contributed by atoms with Crippen molar-refractivity contribution in [1.82, 2.24) is 0 Å². The molecule has 0 aromatic heterocycles. The molecule has 0 spiro atoms. The third-order valence-corrected chi connectivity index (χ3v) is 2.06. The zero-order valence-corrected chi connectivity index (χ0v) is 10.6. The minimum Gasteiger partial charge on any atom is -0.321 e. The highest BCUT2D eigenvalue weighted by molar-refractivity contribution is 4.76. The first kappa shape index (κ1) is 19.9. The average molecular weight is 345 g/mol. The maximum absolute atomic E-state index is 13.3. The summed E-state index contributed by atoms with van der Waals surface area (Å²) in [6, 6.07) is 0.935. The molecule has 0 fully saturated rings. The van der Waals surface area contributed by atoms with Crippen LogP contribution in [0.2, 0.25) is 0 Å². The Hall–Kier alpha value is -3.13. The Kier molecular flexibility index (Phi) is 6.25. The second-order valence-electron chi connectivity index (χ2n) is 3.55. The molecule has 17 heteroatoms. The normalized spacial score (nSPS) is 11.7. The predicted octanol–water partition coefficient (Wildman–Crippen LogP) is -0.777. The van der Waals surface area contributed by atoms with Crippen LogP contribution in [0.15, 0.2) is 0 Å². The molecule has 0 heterocycles. The van der Waals surface area contributed by atoms with Gasteiger partial charge in [-0.1, -0.05) is 8.78 Å². The number of rotatable bonds is 10. The molecule has 0 aliphatic carbocycles. The lowest BCUT2D eigenvalue weighted by atomic mass is 10.5. The Morgan fingerprint density at radius 2 is 1.13 bits per heavy atom. The minimum absolute atomic E-state index is 0.935. The third kappa shape index (κ3) is 4.42. The molecule has 128 valence electrons. The minimum atomic E-state index is -4.38. The lowest BCUT2D eigenvalue weighted by Crippen LogP contribution is -2.49. The van der Waals surface area contributed by atoms with Crippen LogP contribution >= 0.6 is 0 Å². The van der Waals surface area contributed by atoms with Gasteiger partial charge in [0.15, 0.2) is 0 Å². The zero-order chi connectivity index (χ0) is 18.4. The lowest BCUT2D eigenvalue weighted by Gasteiger charge is -2.14. The Morgan fingerprint density at radius 3 is 1.30 bits per heavy atom. The number of hydrogen-bond donors (Lipinski definition) is 0. The number of ether oxygens (including phenoxy) is 2. The highest BCUT2D eigenvalue weighted by atomic mass is 19.2. The molecule has 0 radical (unpaired) electrons. The Bertz CT molecular complexity index is 492. The molecule has 0 saturated carbocycles. The van der Waals surface area contributed by atoms with Crippen molar-refractivity contribution in [3.63, 3.8) is 0 Å². The van der Waals surface area contributed by atoms with Gasteiger partial charge in [0.2, 0.25) is 19.5 Å². The van der Waals surface area contributed by atoms with Crippen molar-refractivity contribution < 1.29 is 37.9 Å².